The monoisotopic (exact) mass is 422 g/mol. The lowest BCUT2D eigenvalue weighted by Crippen LogP contribution is -2.50. The Kier molecular flexibility index (Phi) is 5.72. The van der Waals surface area contributed by atoms with E-state index in [0.717, 1.165) is 5.56 Å². The Morgan fingerprint density at radius 1 is 0.786 bits per heavy atom. The van der Waals surface area contributed by atoms with Crippen LogP contribution in [0.1, 0.15) is 22.8 Å². The molecule has 2 aromatic carbocycles. The Morgan fingerprint density at radius 3 is 1.75 bits per heavy atom. The second-order valence-electron chi connectivity index (χ2n) is 6.71. The van der Waals surface area contributed by atoms with Gasteiger partial charge in [-0.3, -0.25) is 4.79 Å². The van der Waals surface area contributed by atoms with Gasteiger partial charge in [-0.2, -0.15) is 8.61 Å². The van der Waals surface area contributed by atoms with E-state index in [1.807, 2.05) is 13.0 Å². The van der Waals surface area contributed by atoms with Gasteiger partial charge in [0.05, 0.1) is 9.79 Å². The van der Waals surface area contributed by atoms with E-state index in [0.29, 0.717) is 5.56 Å². The molecule has 2 aromatic rings. The molecule has 1 heterocycles. The summed E-state index contributed by atoms with van der Waals surface area (Å²) in [5, 5.41) is 0. The van der Waals surface area contributed by atoms with Crippen molar-refractivity contribution in [2.75, 3.05) is 26.2 Å². The molecule has 0 atom stereocenters. The van der Waals surface area contributed by atoms with Gasteiger partial charge in [0.25, 0.3) is 0 Å². The first kappa shape index (κ1) is 20.7. The van der Waals surface area contributed by atoms with Crippen LogP contribution in [-0.2, 0) is 20.0 Å². The number of nitrogens with zero attached hydrogens (tertiary/aromatic N) is 2. The molecule has 0 unspecified atom stereocenters. The zero-order valence-electron chi connectivity index (χ0n) is 15.7. The summed E-state index contributed by atoms with van der Waals surface area (Å²) in [7, 11) is -7.40. The van der Waals surface area contributed by atoms with Crippen LogP contribution in [0.4, 0.5) is 0 Å². The van der Waals surface area contributed by atoms with Gasteiger partial charge in [0.1, 0.15) is 0 Å². The van der Waals surface area contributed by atoms with E-state index < -0.39 is 20.0 Å². The van der Waals surface area contributed by atoms with Gasteiger partial charge >= 0.3 is 0 Å². The van der Waals surface area contributed by atoms with Crippen LogP contribution >= 0.6 is 0 Å². The maximum absolute atomic E-state index is 12.8. The number of benzene rings is 2. The predicted molar refractivity (Wildman–Crippen MR) is 105 cm³/mol. The second kappa shape index (κ2) is 7.75. The number of piperazine rings is 1. The summed E-state index contributed by atoms with van der Waals surface area (Å²) in [4.78, 5) is 11.7. The molecule has 0 aromatic heterocycles. The molecule has 150 valence electrons. The summed E-state index contributed by atoms with van der Waals surface area (Å²) in [5.41, 5.74) is 1.28. The molecule has 1 fully saturated rings. The van der Waals surface area contributed by atoms with Crippen LogP contribution in [0, 0.1) is 6.92 Å². The number of sulfonamides is 2. The van der Waals surface area contributed by atoms with Gasteiger partial charge in [0.2, 0.25) is 20.0 Å². The molecule has 3 rings (SSSR count). The Hall–Kier alpha value is -2.07. The molecule has 1 aliphatic heterocycles. The molecule has 0 saturated carbocycles. The minimum absolute atomic E-state index is 0.0713. The number of rotatable bonds is 5. The van der Waals surface area contributed by atoms with Crippen molar-refractivity contribution in [3.8, 4) is 0 Å². The second-order valence-corrected chi connectivity index (χ2v) is 10.6. The number of Topliss-reactive ketones (excluding diaryl/α,β-unsaturated/α-hetero) is 1. The summed E-state index contributed by atoms with van der Waals surface area (Å²) in [5.74, 6) is -0.140. The van der Waals surface area contributed by atoms with E-state index in [9.17, 15) is 21.6 Å². The van der Waals surface area contributed by atoms with Crippen molar-refractivity contribution in [3.63, 3.8) is 0 Å². The van der Waals surface area contributed by atoms with Gasteiger partial charge in [0.15, 0.2) is 5.78 Å². The van der Waals surface area contributed by atoms with Crippen LogP contribution in [0.15, 0.2) is 58.3 Å². The van der Waals surface area contributed by atoms with Gasteiger partial charge in [-0.05, 0) is 43.7 Å². The SMILES string of the molecule is CC(=O)c1ccc(S(=O)(=O)N2CCN(S(=O)(=O)c3cccc(C)c3)CC2)cc1. The van der Waals surface area contributed by atoms with E-state index in [2.05, 4.69) is 0 Å². The minimum Gasteiger partial charge on any atom is -0.295 e. The van der Waals surface area contributed by atoms with Crippen LogP contribution in [0.25, 0.3) is 0 Å². The van der Waals surface area contributed by atoms with Gasteiger partial charge < -0.3 is 0 Å². The van der Waals surface area contributed by atoms with E-state index in [4.69, 9.17) is 0 Å². The highest BCUT2D eigenvalue weighted by molar-refractivity contribution is 7.89. The number of hydrogen-bond donors (Lipinski definition) is 0. The lowest BCUT2D eigenvalue weighted by Gasteiger charge is -2.33. The molecule has 9 heteroatoms. The molecule has 0 spiro atoms. The number of ketones is 1. The normalized spacial score (nSPS) is 16.8. The van der Waals surface area contributed by atoms with E-state index in [1.54, 1.807) is 18.2 Å². The largest absolute Gasteiger partial charge is 0.295 e. The van der Waals surface area contributed by atoms with Crippen LogP contribution < -0.4 is 0 Å². The predicted octanol–water partition coefficient (Wildman–Crippen LogP) is 1.89. The van der Waals surface area contributed by atoms with Crippen molar-refractivity contribution in [3.05, 3.63) is 59.7 Å². The highest BCUT2D eigenvalue weighted by atomic mass is 32.2. The maximum atomic E-state index is 12.8. The Balaban J connectivity index is 1.75. The first-order valence-corrected chi connectivity index (χ1v) is 11.7. The number of aryl methyl sites for hydroxylation is 1. The van der Waals surface area contributed by atoms with Crippen LogP contribution in [0.2, 0.25) is 0 Å². The molecule has 1 aliphatic rings. The molecule has 7 nitrogen and oxygen atoms in total. The van der Waals surface area contributed by atoms with Crippen molar-refractivity contribution < 1.29 is 21.6 Å². The van der Waals surface area contributed by atoms with E-state index in [1.165, 1.54) is 39.8 Å². The van der Waals surface area contributed by atoms with Crippen molar-refractivity contribution in [2.24, 2.45) is 0 Å². The average Bonchev–Trinajstić information content (AvgIpc) is 2.68. The molecular formula is C19H22N2O5S2. The lowest BCUT2D eigenvalue weighted by atomic mass is 10.2. The third kappa shape index (κ3) is 4.02. The highest BCUT2D eigenvalue weighted by Gasteiger charge is 2.33. The van der Waals surface area contributed by atoms with Gasteiger partial charge in [-0.15, -0.1) is 0 Å². The standard InChI is InChI=1S/C19H22N2O5S2/c1-15-4-3-5-19(14-15)28(25,26)21-12-10-20(11-13-21)27(23,24)18-8-6-17(7-9-18)16(2)22/h3-9,14H,10-13H2,1-2H3. The molecule has 0 aliphatic carbocycles. The maximum Gasteiger partial charge on any atom is 0.243 e. The van der Waals surface area contributed by atoms with Gasteiger partial charge in [0, 0.05) is 31.7 Å². The Morgan fingerprint density at radius 2 is 1.29 bits per heavy atom. The number of carbonyl (C=O) groups excluding carboxylic acids is 1. The summed E-state index contributed by atoms with van der Waals surface area (Å²) >= 11 is 0. The number of carbonyl (C=O) groups is 1. The fraction of sp³-hybridized carbons (Fsp3) is 0.316. The van der Waals surface area contributed by atoms with Crippen LogP contribution in [0.5, 0.6) is 0 Å². The fourth-order valence-electron chi connectivity index (χ4n) is 3.09. The topological polar surface area (TPSA) is 91.8 Å². The first-order valence-electron chi connectivity index (χ1n) is 8.80. The summed E-state index contributed by atoms with van der Waals surface area (Å²) in [6.45, 7) is 3.55. The van der Waals surface area contributed by atoms with Crippen LogP contribution in [0.3, 0.4) is 0 Å². The Labute approximate surface area is 165 Å². The Bertz CT molecular complexity index is 1090. The van der Waals surface area contributed by atoms with Gasteiger partial charge in [-0.1, -0.05) is 24.3 Å². The van der Waals surface area contributed by atoms with E-state index in [-0.39, 0.29) is 41.8 Å². The third-order valence-electron chi connectivity index (χ3n) is 4.72. The summed E-state index contributed by atoms with van der Waals surface area (Å²) in [6, 6.07) is 12.4. The van der Waals surface area contributed by atoms with Crippen molar-refractivity contribution in [2.45, 2.75) is 23.6 Å². The highest BCUT2D eigenvalue weighted by Crippen LogP contribution is 2.22. The minimum atomic E-state index is -3.74. The quantitative estimate of drug-likeness (QED) is 0.686. The molecule has 0 N–H and O–H groups in total. The molecule has 0 radical (unpaired) electrons. The molecule has 0 amide bonds. The first-order chi connectivity index (χ1) is 13.1. The zero-order chi connectivity index (χ0) is 20.5. The van der Waals surface area contributed by atoms with Crippen LogP contribution in [-0.4, -0.2) is 57.4 Å². The summed E-state index contributed by atoms with van der Waals surface area (Å²) < 4.78 is 53.8. The van der Waals surface area contributed by atoms with E-state index >= 15 is 0 Å². The molecule has 28 heavy (non-hydrogen) atoms. The lowest BCUT2D eigenvalue weighted by molar-refractivity contribution is 0.101. The fourth-order valence-corrected chi connectivity index (χ4v) is 6.04. The number of hydrogen-bond acceptors (Lipinski definition) is 5. The van der Waals surface area contributed by atoms with Crippen molar-refractivity contribution in [1.82, 2.24) is 8.61 Å². The third-order valence-corrected chi connectivity index (χ3v) is 8.53. The van der Waals surface area contributed by atoms with Crippen molar-refractivity contribution in [1.29, 1.82) is 0 Å². The van der Waals surface area contributed by atoms with Crippen molar-refractivity contribution >= 4 is 25.8 Å². The average molecular weight is 423 g/mol. The van der Waals surface area contributed by atoms with Gasteiger partial charge in [-0.25, -0.2) is 16.8 Å². The molecular weight excluding hydrogens is 400 g/mol. The molecule has 1 saturated heterocycles. The summed E-state index contributed by atoms with van der Waals surface area (Å²) in [6.07, 6.45) is 0. The zero-order valence-corrected chi connectivity index (χ0v) is 17.3. The molecule has 0 bridgehead atoms. The smallest absolute Gasteiger partial charge is 0.243 e.